The molecule has 0 aromatic carbocycles. The van der Waals surface area contributed by atoms with Crippen LogP contribution in [0.1, 0.15) is 39.0 Å². The van der Waals surface area contributed by atoms with E-state index in [1.165, 1.54) is 11.3 Å². The predicted octanol–water partition coefficient (Wildman–Crippen LogP) is 3.03. The Morgan fingerprint density at radius 3 is 2.64 bits per heavy atom. The van der Waals surface area contributed by atoms with Gasteiger partial charge in [0.2, 0.25) is 0 Å². The monoisotopic (exact) mass is 188 g/mol. The third-order valence-electron chi connectivity index (χ3n) is 2.55. The minimum atomic E-state index is 0.161. The van der Waals surface area contributed by atoms with E-state index in [1.807, 2.05) is 6.20 Å². The molecule has 0 unspecified atom stereocenters. The van der Waals surface area contributed by atoms with Crippen molar-refractivity contribution >= 4 is 11.4 Å². The Kier molecular flexibility index (Phi) is 1.95. The van der Waals surface area contributed by atoms with E-state index in [2.05, 4.69) is 43.7 Å². The maximum absolute atomic E-state index is 4.48. The van der Waals surface area contributed by atoms with Crippen LogP contribution < -0.4 is 0 Å². The summed E-state index contributed by atoms with van der Waals surface area (Å²) in [5, 5.41) is 0. The van der Waals surface area contributed by atoms with Gasteiger partial charge in [0, 0.05) is 18.3 Å². The zero-order chi connectivity index (χ0) is 10.3. The lowest BCUT2D eigenvalue weighted by Gasteiger charge is -2.18. The summed E-state index contributed by atoms with van der Waals surface area (Å²) in [6, 6.07) is 2.17. The van der Waals surface area contributed by atoms with Gasteiger partial charge in [-0.25, -0.2) is 0 Å². The molecule has 0 amide bonds. The quantitative estimate of drug-likeness (QED) is 0.614. The Morgan fingerprint density at radius 2 is 2.00 bits per heavy atom. The molecule has 2 rings (SSSR count). The molecule has 0 N–H and O–H groups in total. The molecule has 0 aliphatic carbocycles. The van der Waals surface area contributed by atoms with Gasteiger partial charge in [-0.3, -0.25) is 9.98 Å². The van der Waals surface area contributed by atoms with Gasteiger partial charge in [0.05, 0.1) is 11.4 Å². The van der Waals surface area contributed by atoms with Crippen molar-refractivity contribution in [2.45, 2.75) is 39.5 Å². The molecule has 2 heteroatoms. The number of aliphatic imine (C=N–C) groups is 1. The summed E-state index contributed by atoms with van der Waals surface area (Å²) in [5.41, 5.74) is 4.77. The molecular formula is C12H16N2. The average molecular weight is 188 g/mol. The first-order chi connectivity index (χ1) is 6.47. The number of hydrogen-bond acceptors (Lipinski definition) is 2. The van der Waals surface area contributed by atoms with Crippen molar-refractivity contribution in [2.24, 2.45) is 4.99 Å². The van der Waals surface area contributed by atoms with E-state index in [1.54, 1.807) is 0 Å². The van der Waals surface area contributed by atoms with Gasteiger partial charge in [-0.1, -0.05) is 20.8 Å². The van der Waals surface area contributed by atoms with Crippen molar-refractivity contribution in [1.82, 2.24) is 4.98 Å². The van der Waals surface area contributed by atoms with Gasteiger partial charge in [-0.15, -0.1) is 0 Å². The zero-order valence-corrected chi connectivity index (χ0v) is 9.26. The van der Waals surface area contributed by atoms with Gasteiger partial charge in [-0.05, 0) is 24.0 Å². The molecule has 1 aromatic rings. The third kappa shape index (κ3) is 1.57. The Morgan fingerprint density at radius 1 is 1.29 bits per heavy atom. The number of aromatic nitrogens is 1. The molecule has 0 saturated carbocycles. The van der Waals surface area contributed by atoms with Crippen LogP contribution in [0, 0.1) is 0 Å². The molecule has 14 heavy (non-hydrogen) atoms. The van der Waals surface area contributed by atoms with E-state index in [9.17, 15) is 0 Å². The summed E-state index contributed by atoms with van der Waals surface area (Å²) >= 11 is 0. The molecule has 1 aromatic heterocycles. The average Bonchev–Trinajstić information content (AvgIpc) is 2.41. The van der Waals surface area contributed by atoms with E-state index < -0.39 is 0 Å². The lowest BCUT2D eigenvalue weighted by atomic mass is 9.88. The van der Waals surface area contributed by atoms with Crippen molar-refractivity contribution in [3.63, 3.8) is 0 Å². The topological polar surface area (TPSA) is 25.2 Å². The number of fused-ring (bicyclic) bond motifs is 1. The second-order valence-corrected chi connectivity index (χ2v) is 4.96. The summed E-state index contributed by atoms with van der Waals surface area (Å²) in [6.45, 7) is 8.64. The lowest BCUT2D eigenvalue weighted by molar-refractivity contribution is 0.587. The molecule has 0 atom stereocenters. The molecule has 74 valence electrons. The highest BCUT2D eigenvalue weighted by atomic mass is 14.8. The fourth-order valence-electron chi connectivity index (χ4n) is 1.61. The molecule has 1 aliphatic rings. The molecule has 0 fully saturated rings. The summed E-state index contributed by atoms with van der Waals surface area (Å²) in [5.74, 6) is 0. The maximum atomic E-state index is 4.48. The molecular weight excluding hydrogens is 172 g/mol. The fourth-order valence-corrected chi connectivity index (χ4v) is 1.61. The molecule has 1 aliphatic heterocycles. The van der Waals surface area contributed by atoms with Crippen molar-refractivity contribution in [3.8, 4) is 0 Å². The third-order valence-corrected chi connectivity index (χ3v) is 2.55. The van der Waals surface area contributed by atoms with E-state index in [0.29, 0.717) is 0 Å². The zero-order valence-electron chi connectivity index (χ0n) is 9.26. The van der Waals surface area contributed by atoms with Gasteiger partial charge >= 0.3 is 0 Å². The largest absolute Gasteiger partial charge is 0.258 e. The van der Waals surface area contributed by atoms with Crippen molar-refractivity contribution < 1.29 is 0 Å². The van der Waals surface area contributed by atoms with Gasteiger partial charge in [0.1, 0.15) is 0 Å². The number of hydrogen-bond donors (Lipinski definition) is 0. The van der Waals surface area contributed by atoms with Crippen LogP contribution in [-0.2, 0) is 11.8 Å². The second-order valence-electron chi connectivity index (χ2n) is 4.96. The Labute approximate surface area is 85.1 Å². The first-order valence-corrected chi connectivity index (χ1v) is 5.00. The van der Waals surface area contributed by atoms with E-state index in [-0.39, 0.29) is 5.41 Å². The van der Waals surface area contributed by atoms with Gasteiger partial charge in [0.25, 0.3) is 0 Å². The molecule has 2 nitrogen and oxygen atoms in total. The van der Waals surface area contributed by atoms with E-state index in [0.717, 1.165) is 17.8 Å². The summed E-state index contributed by atoms with van der Waals surface area (Å²) in [6.07, 6.45) is 2.90. The highest BCUT2D eigenvalue weighted by molar-refractivity contribution is 5.91. The normalized spacial score (nSPS) is 15.3. The van der Waals surface area contributed by atoms with Crippen LogP contribution in [0.2, 0.25) is 0 Å². The molecule has 0 spiro atoms. The van der Waals surface area contributed by atoms with Gasteiger partial charge in [-0.2, -0.15) is 0 Å². The van der Waals surface area contributed by atoms with Crippen molar-refractivity contribution in [1.29, 1.82) is 0 Å². The Bertz CT molecular complexity index is 397. The van der Waals surface area contributed by atoms with Gasteiger partial charge in [0.15, 0.2) is 0 Å². The van der Waals surface area contributed by atoms with Gasteiger partial charge < -0.3 is 0 Å². The number of pyridine rings is 1. The van der Waals surface area contributed by atoms with Crippen LogP contribution >= 0.6 is 0 Å². The molecule has 0 bridgehead atoms. The van der Waals surface area contributed by atoms with Crippen LogP contribution in [-0.4, -0.2) is 10.7 Å². The summed E-state index contributed by atoms with van der Waals surface area (Å²) in [7, 11) is 0. The maximum Gasteiger partial charge on any atom is 0.0851 e. The van der Waals surface area contributed by atoms with Crippen LogP contribution in [0.15, 0.2) is 17.3 Å². The minimum absolute atomic E-state index is 0.161. The van der Waals surface area contributed by atoms with Crippen LogP contribution in [0.25, 0.3) is 0 Å². The summed E-state index contributed by atoms with van der Waals surface area (Å²) in [4.78, 5) is 8.94. The smallest absolute Gasteiger partial charge is 0.0851 e. The lowest BCUT2D eigenvalue weighted by Crippen LogP contribution is -2.11. The van der Waals surface area contributed by atoms with E-state index in [4.69, 9.17) is 0 Å². The van der Waals surface area contributed by atoms with Crippen molar-refractivity contribution in [3.05, 3.63) is 23.5 Å². The summed E-state index contributed by atoms with van der Waals surface area (Å²) < 4.78 is 0. The Hall–Kier alpha value is -1.18. The SMILES string of the molecule is CC1=Nc2cc(C(C)(C)C)cnc2C1. The molecule has 2 heterocycles. The standard InChI is InChI=1S/C12H16N2/c1-8-5-10-11(14-8)6-9(7-13-10)12(2,3)4/h6-7H,5H2,1-4H3. The Balaban J connectivity index is 2.46. The first kappa shape index (κ1) is 9.38. The minimum Gasteiger partial charge on any atom is -0.258 e. The van der Waals surface area contributed by atoms with E-state index >= 15 is 0 Å². The first-order valence-electron chi connectivity index (χ1n) is 5.00. The number of nitrogens with zero attached hydrogens (tertiary/aromatic N) is 2. The molecule has 0 radical (unpaired) electrons. The molecule has 0 saturated heterocycles. The van der Waals surface area contributed by atoms with Crippen LogP contribution in [0.3, 0.4) is 0 Å². The van der Waals surface area contributed by atoms with Crippen LogP contribution in [0.4, 0.5) is 5.69 Å². The highest BCUT2D eigenvalue weighted by Gasteiger charge is 2.18. The number of rotatable bonds is 0. The van der Waals surface area contributed by atoms with Crippen molar-refractivity contribution in [2.75, 3.05) is 0 Å². The van der Waals surface area contributed by atoms with Crippen LogP contribution in [0.5, 0.6) is 0 Å². The predicted molar refractivity (Wildman–Crippen MR) is 59.4 cm³/mol. The second kappa shape index (κ2) is 2.91. The fraction of sp³-hybridized carbons (Fsp3) is 0.500. The highest BCUT2D eigenvalue weighted by Crippen LogP contribution is 2.30.